The predicted molar refractivity (Wildman–Crippen MR) is 76.4 cm³/mol. The first kappa shape index (κ1) is 14.2. The molecule has 1 aliphatic rings. The minimum absolute atomic E-state index is 0.676. The minimum Gasteiger partial charge on any atom is -0.293 e. The van der Waals surface area contributed by atoms with Crippen LogP contribution in [0.5, 0.6) is 0 Å². The maximum atomic E-state index is 6.43. The second-order valence-corrected chi connectivity index (χ2v) is 5.52. The van der Waals surface area contributed by atoms with Crippen LogP contribution in [0.3, 0.4) is 0 Å². The smallest absolute Gasteiger partial charge is 0.0863 e. The van der Waals surface area contributed by atoms with Crippen molar-refractivity contribution in [3.05, 3.63) is 16.4 Å². The number of nitrogens with zero attached hydrogens (tertiary/aromatic N) is 3. The molecule has 0 N–H and O–H groups in total. The molecule has 102 valence electrons. The number of rotatable bonds is 7. The quantitative estimate of drug-likeness (QED) is 0.718. The van der Waals surface area contributed by atoms with Crippen molar-refractivity contribution in [2.75, 3.05) is 12.4 Å². The Kier molecular flexibility index (Phi) is 4.93. The summed E-state index contributed by atoms with van der Waals surface area (Å²) in [7, 11) is 0. The Morgan fingerprint density at radius 1 is 1.39 bits per heavy atom. The molecule has 0 saturated heterocycles. The van der Waals surface area contributed by atoms with Gasteiger partial charge in [-0.2, -0.15) is 5.10 Å². The van der Waals surface area contributed by atoms with Crippen LogP contribution in [0, 0.1) is 0 Å². The Morgan fingerprint density at radius 3 is 2.61 bits per heavy atom. The Labute approximate surface area is 119 Å². The van der Waals surface area contributed by atoms with Crippen LogP contribution in [-0.4, -0.2) is 33.1 Å². The molecule has 18 heavy (non-hydrogen) atoms. The summed E-state index contributed by atoms with van der Waals surface area (Å²) in [6, 6.07) is 0.699. The summed E-state index contributed by atoms with van der Waals surface area (Å²) in [4.78, 5) is 2.43. The number of hydrogen-bond acceptors (Lipinski definition) is 2. The van der Waals surface area contributed by atoms with Crippen molar-refractivity contribution < 1.29 is 0 Å². The van der Waals surface area contributed by atoms with E-state index in [0.717, 1.165) is 42.5 Å². The molecule has 0 spiro atoms. The molecule has 3 nitrogen and oxygen atoms in total. The Morgan fingerprint density at radius 2 is 2.11 bits per heavy atom. The van der Waals surface area contributed by atoms with E-state index in [1.807, 2.05) is 4.68 Å². The second kappa shape index (κ2) is 6.27. The van der Waals surface area contributed by atoms with Crippen molar-refractivity contribution in [1.29, 1.82) is 0 Å². The Balaban J connectivity index is 2.17. The number of halogens is 2. The van der Waals surface area contributed by atoms with E-state index in [2.05, 4.69) is 23.8 Å². The fourth-order valence-corrected chi connectivity index (χ4v) is 2.85. The number of hydrogen-bond donors (Lipinski definition) is 0. The van der Waals surface area contributed by atoms with Gasteiger partial charge in [0.25, 0.3) is 0 Å². The zero-order valence-corrected chi connectivity index (χ0v) is 12.6. The Bertz CT molecular complexity index is 399. The molecule has 2 rings (SSSR count). The largest absolute Gasteiger partial charge is 0.293 e. The summed E-state index contributed by atoms with van der Waals surface area (Å²) in [6.45, 7) is 6.87. The van der Waals surface area contributed by atoms with E-state index in [9.17, 15) is 0 Å². The summed E-state index contributed by atoms with van der Waals surface area (Å²) >= 11 is 12.3. The van der Waals surface area contributed by atoms with Gasteiger partial charge in [-0.15, -0.1) is 11.6 Å². The van der Waals surface area contributed by atoms with Crippen LogP contribution in [0.2, 0.25) is 5.02 Å². The lowest BCUT2D eigenvalue weighted by atomic mass is 10.3. The van der Waals surface area contributed by atoms with Crippen LogP contribution in [0.25, 0.3) is 0 Å². The van der Waals surface area contributed by atoms with E-state index in [0.29, 0.717) is 11.9 Å². The van der Waals surface area contributed by atoms with Gasteiger partial charge >= 0.3 is 0 Å². The maximum absolute atomic E-state index is 6.43. The van der Waals surface area contributed by atoms with Gasteiger partial charge in [0.1, 0.15) is 0 Å². The molecule has 0 bridgehead atoms. The number of aryl methyl sites for hydroxylation is 2. The zero-order chi connectivity index (χ0) is 13.1. The third kappa shape index (κ3) is 3.01. The van der Waals surface area contributed by atoms with E-state index in [4.69, 9.17) is 23.2 Å². The molecule has 0 amide bonds. The summed E-state index contributed by atoms with van der Waals surface area (Å²) in [5.41, 5.74) is 2.16. The van der Waals surface area contributed by atoms with E-state index in [1.54, 1.807) is 0 Å². The van der Waals surface area contributed by atoms with Gasteiger partial charge in [0.05, 0.1) is 16.4 Å². The highest BCUT2D eigenvalue weighted by atomic mass is 35.5. The average Bonchev–Trinajstić information content (AvgIpc) is 3.16. The molecule has 1 aromatic rings. The molecule has 1 aliphatic carbocycles. The Hall–Kier alpha value is -0.250. The maximum Gasteiger partial charge on any atom is 0.0863 e. The molecule has 1 heterocycles. The monoisotopic (exact) mass is 289 g/mol. The number of aromatic nitrogens is 2. The van der Waals surface area contributed by atoms with Crippen molar-refractivity contribution in [3.8, 4) is 0 Å². The van der Waals surface area contributed by atoms with Crippen LogP contribution >= 0.6 is 23.2 Å². The van der Waals surface area contributed by atoms with Crippen molar-refractivity contribution in [2.24, 2.45) is 0 Å². The molecule has 0 aromatic carbocycles. The van der Waals surface area contributed by atoms with E-state index in [-0.39, 0.29) is 0 Å². The first-order valence-corrected chi connectivity index (χ1v) is 7.66. The third-order valence-corrected chi connectivity index (χ3v) is 4.09. The molecular formula is C13H21Cl2N3. The number of alkyl halides is 1. The summed E-state index contributed by atoms with van der Waals surface area (Å²) in [5.74, 6) is 0.676. The highest BCUT2D eigenvalue weighted by Crippen LogP contribution is 2.30. The van der Waals surface area contributed by atoms with Gasteiger partial charge in [0, 0.05) is 31.6 Å². The molecule has 0 atom stereocenters. The summed E-state index contributed by atoms with van der Waals surface area (Å²) in [6.07, 6.45) is 3.46. The first-order valence-electron chi connectivity index (χ1n) is 6.75. The van der Waals surface area contributed by atoms with Gasteiger partial charge in [-0.1, -0.05) is 18.5 Å². The minimum atomic E-state index is 0.676. The molecule has 0 radical (unpaired) electrons. The lowest BCUT2D eigenvalue weighted by Gasteiger charge is -2.21. The molecule has 5 heteroatoms. The fourth-order valence-electron chi connectivity index (χ4n) is 2.30. The highest BCUT2D eigenvalue weighted by Gasteiger charge is 2.30. The third-order valence-electron chi connectivity index (χ3n) is 3.48. The molecule has 1 fully saturated rings. The average molecular weight is 290 g/mol. The predicted octanol–water partition coefficient (Wildman–Crippen LogP) is 3.32. The molecular weight excluding hydrogens is 269 g/mol. The van der Waals surface area contributed by atoms with E-state index in [1.165, 1.54) is 12.8 Å². The fraction of sp³-hybridized carbons (Fsp3) is 0.769. The molecule has 0 aliphatic heterocycles. The summed E-state index contributed by atoms with van der Waals surface area (Å²) < 4.78 is 2.03. The molecule has 1 saturated carbocycles. The highest BCUT2D eigenvalue weighted by molar-refractivity contribution is 6.31. The van der Waals surface area contributed by atoms with Crippen LogP contribution in [0.4, 0.5) is 0 Å². The van der Waals surface area contributed by atoms with Crippen LogP contribution < -0.4 is 0 Å². The normalized spacial score (nSPS) is 15.6. The lowest BCUT2D eigenvalue weighted by molar-refractivity contribution is 0.262. The lowest BCUT2D eigenvalue weighted by Crippen LogP contribution is -2.29. The first-order chi connectivity index (χ1) is 8.71. The topological polar surface area (TPSA) is 21.1 Å². The van der Waals surface area contributed by atoms with Crippen molar-refractivity contribution in [2.45, 2.75) is 52.2 Å². The van der Waals surface area contributed by atoms with E-state index < -0.39 is 0 Å². The zero-order valence-electron chi connectivity index (χ0n) is 11.1. The van der Waals surface area contributed by atoms with Gasteiger partial charge in [-0.05, 0) is 26.2 Å². The van der Waals surface area contributed by atoms with Crippen molar-refractivity contribution >= 4 is 23.2 Å². The second-order valence-electron chi connectivity index (χ2n) is 4.77. The van der Waals surface area contributed by atoms with Crippen LogP contribution in [0.1, 0.15) is 38.1 Å². The standard InChI is InChI=1S/C13H21Cl2N3/c1-3-11-13(15)12(18(4-2)16-11)9-17(8-7-14)10-5-6-10/h10H,3-9H2,1-2H3. The van der Waals surface area contributed by atoms with Gasteiger partial charge < -0.3 is 0 Å². The van der Waals surface area contributed by atoms with Crippen molar-refractivity contribution in [3.63, 3.8) is 0 Å². The van der Waals surface area contributed by atoms with Crippen molar-refractivity contribution in [1.82, 2.24) is 14.7 Å². The van der Waals surface area contributed by atoms with Gasteiger partial charge in [-0.25, -0.2) is 0 Å². The van der Waals surface area contributed by atoms with Crippen LogP contribution in [0.15, 0.2) is 0 Å². The van der Waals surface area contributed by atoms with Gasteiger partial charge in [0.2, 0.25) is 0 Å². The summed E-state index contributed by atoms with van der Waals surface area (Å²) in [5, 5.41) is 5.41. The van der Waals surface area contributed by atoms with Gasteiger partial charge in [0.15, 0.2) is 0 Å². The van der Waals surface area contributed by atoms with Gasteiger partial charge in [-0.3, -0.25) is 9.58 Å². The van der Waals surface area contributed by atoms with Crippen LogP contribution in [-0.2, 0) is 19.5 Å². The SMILES string of the molecule is CCc1nn(CC)c(CN(CCCl)C2CC2)c1Cl. The molecule has 1 aromatic heterocycles. The van der Waals surface area contributed by atoms with E-state index >= 15 is 0 Å². The molecule has 0 unspecified atom stereocenters.